The minimum Gasteiger partial charge on any atom is -0.459 e. The smallest absolute Gasteiger partial charge is 0.403 e. The molecule has 2 aliphatic carbocycles. The SMILES string of the molecule is C=C(C)C(=O)OC1CCC(C(C2CCC(OC(=O)C(=C)C)CC2)(C(F)(F)F)C(F)(F)F)CC1. The summed E-state index contributed by atoms with van der Waals surface area (Å²) in [4.78, 5) is 23.4. The zero-order valence-electron chi connectivity index (χ0n) is 18.8. The molecule has 0 N–H and O–H groups in total. The summed E-state index contributed by atoms with van der Waals surface area (Å²) in [7, 11) is 0. The Labute approximate surface area is 189 Å². The summed E-state index contributed by atoms with van der Waals surface area (Å²) in [6.07, 6.45) is -14.3. The molecule has 33 heavy (non-hydrogen) atoms. The van der Waals surface area contributed by atoms with Gasteiger partial charge in [-0.2, -0.15) is 26.3 Å². The van der Waals surface area contributed by atoms with Crippen molar-refractivity contribution in [1.29, 1.82) is 0 Å². The fraction of sp³-hybridized carbons (Fsp3) is 0.739. The average Bonchev–Trinajstić information content (AvgIpc) is 2.68. The van der Waals surface area contributed by atoms with Gasteiger partial charge in [0, 0.05) is 11.1 Å². The van der Waals surface area contributed by atoms with Crippen molar-refractivity contribution in [3.63, 3.8) is 0 Å². The van der Waals surface area contributed by atoms with Gasteiger partial charge in [0.1, 0.15) is 12.2 Å². The van der Waals surface area contributed by atoms with Crippen LogP contribution >= 0.6 is 0 Å². The Bertz CT molecular complexity index is 690. The molecule has 0 aliphatic heterocycles. The van der Waals surface area contributed by atoms with Crippen LogP contribution < -0.4 is 0 Å². The van der Waals surface area contributed by atoms with E-state index in [4.69, 9.17) is 9.47 Å². The number of rotatable bonds is 6. The number of carbonyl (C=O) groups is 2. The summed E-state index contributed by atoms with van der Waals surface area (Å²) < 4.78 is 96.4. The fourth-order valence-corrected chi connectivity index (χ4v) is 5.20. The van der Waals surface area contributed by atoms with Gasteiger partial charge in [0.05, 0.1) is 0 Å². The first kappa shape index (κ1) is 27.2. The minimum atomic E-state index is -5.51. The molecule has 0 saturated heterocycles. The lowest BCUT2D eigenvalue weighted by molar-refractivity contribution is -0.382. The molecule has 2 rings (SSSR count). The summed E-state index contributed by atoms with van der Waals surface area (Å²) in [5, 5.41) is 0. The lowest BCUT2D eigenvalue weighted by atomic mass is 9.57. The van der Waals surface area contributed by atoms with Crippen molar-refractivity contribution in [3.05, 3.63) is 24.3 Å². The van der Waals surface area contributed by atoms with Crippen LogP contribution in [0.25, 0.3) is 0 Å². The number of esters is 2. The van der Waals surface area contributed by atoms with E-state index in [1.807, 2.05) is 0 Å². The van der Waals surface area contributed by atoms with E-state index in [0.717, 1.165) is 0 Å². The van der Waals surface area contributed by atoms with E-state index in [1.165, 1.54) is 13.8 Å². The van der Waals surface area contributed by atoms with Crippen LogP contribution in [-0.2, 0) is 19.1 Å². The van der Waals surface area contributed by atoms with Crippen molar-refractivity contribution in [2.75, 3.05) is 0 Å². The van der Waals surface area contributed by atoms with E-state index in [9.17, 15) is 35.9 Å². The molecule has 0 spiro atoms. The van der Waals surface area contributed by atoms with Gasteiger partial charge in [-0.25, -0.2) is 9.59 Å². The molecule has 0 aromatic rings. The second-order valence-corrected chi connectivity index (χ2v) is 9.18. The Hall–Kier alpha value is -2.00. The van der Waals surface area contributed by atoms with Crippen molar-refractivity contribution in [2.24, 2.45) is 17.3 Å². The second-order valence-electron chi connectivity index (χ2n) is 9.18. The monoisotopic (exact) mass is 484 g/mol. The Balaban J connectivity index is 2.24. The molecule has 0 atom stereocenters. The molecule has 0 unspecified atom stereocenters. The summed E-state index contributed by atoms with van der Waals surface area (Å²) in [6.45, 7) is 9.68. The van der Waals surface area contributed by atoms with E-state index in [-0.39, 0.29) is 62.5 Å². The number of carbonyl (C=O) groups excluding carboxylic acids is 2. The maximum atomic E-state index is 14.4. The van der Waals surface area contributed by atoms with Crippen LogP contribution in [0.5, 0.6) is 0 Å². The van der Waals surface area contributed by atoms with Crippen molar-refractivity contribution in [3.8, 4) is 0 Å². The van der Waals surface area contributed by atoms with Crippen LogP contribution in [0.2, 0.25) is 0 Å². The van der Waals surface area contributed by atoms with Crippen LogP contribution in [0.4, 0.5) is 26.3 Å². The molecular formula is C23H30F6O4. The molecule has 0 heterocycles. The van der Waals surface area contributed by atoms with Crippen LogP contribution in [0.1, 0.15) is 65.2 Å². The van der Waals surface area contributed by atoms with Crippen molar-refractivity contribution < 1.29 is 45.4 Å². The van der Waals surface area contributed by atoms with Gasteiger partial charge >= 0.3 is 24.3 Å². The van der Waals surface area contributed by atoms with Gasteiger partial charge in [0.25, 0.3) is 0 Å². The molecule has 0 radical (unpaired) electrons. The largest absolute Gasteiger partial charge is 0.459 e. The topological polar surface area (TPSA) is 52.6 Å². The van der Waals surface area contributed by atoms with Gasteiger partial charge < -0.3 is 9.47 Å². The van der Waals surface area contributed by atoms with Gasteiger partial charge in [-0.15, -0.1) is 0 Å². The number of hydrogen-bond acceptors (Lipinski definition) is 4. The maximum Gasteiger partial charge on any atom is 0.403 e. The molecule has 4 nitrogen and oxygen atoms in total. The standard InChI is InChI=1S/C23H30F6O4/c1-13(2)19(30)32-17-9-5-15(6-10-17)21(22(24,25)26,23(27,28)29)16-7-11-18(12-8-16)33-20(31)14(3)4/h15-18H,1,3,5-12H2,2,4H3. The molecule has 0 bridgehead atoms. The highest BCUT2D eigenvalue weighted by Gasteiger charge is 2.76. The molecule has 188 valence electrons. The van der Waals surface area contributed by atoms with Gasteiger partial charge in [-0.1, -0.05) is 13.2 Å². The van der Waals surface area contributed by atoms with Gasteiger partial charge in [0.15, 0.2) is 5.41 Å². The van der Waals surface area contributed by atoms with E-state index in [1.54, 1.807) is 0 Å². The van der Waals surface area contributed by atoms with Gasteiger partial charge in [-0.05, 0) is 77.0 Å². The Morgan fingerprint density at radius 2 is 0.909 bits per heavy atom. The number of hydrogen-bond donors (Lipinski definition) is 0. The summed E-state index contributed by atoms with van der Waals surface area (Å²) in [6, 6.07) is 0. The van der Waals surface area contributed by atoms with E-state index >= 15 is 0 Å². The predicted octanol–water partition coefficient (Wildman–Crippen LogP) is 6.45. The first-order valence-electron chi connectivity index (χ1n) is 11.0. The molecule has 2 aliphatic rings. The first-order chi connectivity index (χ1) is 15.1. The Morgan fingerprint density at radius 1 is 0.636 bits per heavy atom. The number of ether oxygens (including phenoxy) is 2. The van der Waals surface area contributed by atoms with Crippen LogP contribution in [-0.4, -0.2) is 36.5 Å². The highest BCUT2D eigenvalue weighted by Crippen LogP contribution is 2.64. The van der Waals surface area contributed by atoms with Crippen LogP contribution in [0.3, 0.4) is 0 Å². The Morgan fingerprint density at radius 3 is 1.12 bits per heavy atom. The quantitative estimate of drug-likeness (QED) is 0.247. The summed E-state index contributed by atoms with van der Waals surface area (Å²) in [5.41, 5.74) is -3.64. The summed E-state index contributed by atoms with van der Waals surface area (Å²) in [5.74, 6) is -4.79. The molecule has 2 saturated carbocycles. The average molecular weight is 484 g/mol. The molecule has 0 aromatic carbocycles. The Kier molecular flexibility index (Phi) is 8.33. The van der Waals surface area contributed by atoms with E-state index in [2.05, 4.69) is 13.2 Å². The zero-order chi connectivity index (χ0) is 25.2. The van der Waals surface area contributed by atoms with Gasteiger partial charge in [-0.3, -0.25) is 0 Å². The third kappa shape index (κ3) is 5.74. The fourth-order valence-electron chi connectivity index (χ4n) is 5.20. The third-order valence-corrected chi connectivity index (χ3v) is 6.82. The first-order valence-corrected chi connectivity index (χ1v) is 11.0. The molecule has 0 amide bonds. The number of alkyl halides is 6. The molecule has 0 aromatic heterocycles. The zero-order valence-corrected chi connectivity index (χ0v) is 18.8. The number of halogens is 6. The van der Waals surface area contributed by atoms with Crippen LogP contribution in [0, 0.1) is 17.3 Å². The molecular weight excluding hydrogens is 454 g/mol. The second kappa shape index (κ2) is 10.1. The van der Waals surface area contributed by atoms with Crippen molar-refractivity contribution in [1.82, 2.24) is 0 Å². The summed E-state index contributed by atoms with van der Waals surface area (Å²) >= 11 is 0. The molecule has 2 fully saturated rings. The van der Waals surface area contributed by atoms with Crippen molar-refractivity contribution in [2.45, 2.75) is 89.8 Å². The maximum absolute atomic E-state index is 14.4. The van der Waals surface area contributed by atoms with Crippen LogP contribution in [0.15, 0.2) is 24.3 Å². The third-order valence-electron chi connectivity index (χ3n) is 6.82. The van der Waals surface area contributed by atoms with E-state index in [0.29, 0.717) is 0 Å². The normalized spacial score (nSPS) is 26.9. The highest BCUT2D eigenvalue weighted by atomic mass is 19.4. The van der Waals surface area contributed by atoms with Gasteiger partial charge in [0.2, 0.25) is 0 Å². The predicted molar refractivity (Wildman–Crippen MR) is 108 cm³/mol. The minimum absolute atomic E-state index is 0.0802. The molecule has 10 heteroatoms. The highest BCUT2D eigenvalue weighted by molar-refractivity contribution is 5.87. The lowest BCUT2D eigenvalue weighted by Gasteiger charge is -2.51. The van der Waals surface area contributed by atoms with E-state index < -0.39 is 53.7 Å². The lowest BCUT2D eigenvalue weighted by Crippen LogP contribution is -2.61. The van der Waals surface area contributed by atoms with Crippen molar-refractivity contribution >= 4 is 11.9 Å².